The van der Waals surface area contributed by atoms with Crippen molar-refractivity contribution < 1.29 is 30.6 Å². The molecule has 18 rings (SSSR count). The normalized spacial score (nSPS) is 11.0. The highest BCUT2D eigenvalue weighted by molar-refractivity contribution is 9.12. The van der Waals surface area contributed by atoms with E-state index in [9.17, 15) is 30.6 Å². The standard InChI is InChI=1S/6C19H18Br2N2O/c1-10-4-7-17(12(3)11(10)2)22-9-13-5-6-14-15(20)8-16(21)19(24)18(14)23-13;1-10-6-14(7-11(2)12(10)3)22-9-13-4-5-15-16(20)8-17(21)19(24)18(15)23-13;1-10-6-12(3)17(7-11(10)2)22-9-13-4-5-14-15(20)8-16(21)19(24)18(14)23-13;1-10-6-11(2)12(3)17(7-10)22-9-13-4-5-14-15(20)8-16(21)19(24)18(14)23-13;1-10-6-11(2)17(12(3)7-10)22-9-13-4-5-14-15(20)8-16(21)19(24)18(14)23-13;1-10-4-5-11(2)17(12(10)3)22-9-13-6-7-14-15(20)8-16(21)19(24)18(14)23-13/h6*4-8,22,24H,9H2,1-3H3. The number of rotatable bonds is 18. The third kappa shape index (κ3) is 26.8. The van der Waals surface area contributed by atoms with Gasteiger partial charge >= 0.3 is 0 Å². The molecule has 18 nitrogen and oxygen atoms in total. The summed E-state index contributed by atoms with van der Waals surface area (Å²) < 4.78 is 9.19. The summed E-state index contributed by atoms with van der Waals surface area (Å²) in [5, 5.41) is 87.6. The minimum absolute atomic E-state index is 0.164. The first-order valence-electron chi connectivity index (χ1n) is 45.9. The number of nitrogens with one attached hydrogen (secondary N) is 6. The number of phenolic OH excluding ortho intramolecular Hbond substituents is 6. The van der Waals surface area contributed by atoms with E-state index in [-0.39, 0.29) is 34.5 Å². The molecule has 30 heteroatoms. The Labute approximate surface area is 941 Å². The van der Waals surface area contributed by atoms with Gasteiger partial charge in [-0.2, -0.15) is 0 Å². The topological polar surface area (TPSA) is 271 Å². The van der Waals surface area contributed by atoms with Crippen molar-refractivity contribution in [1.82, 2.24) is 29.9 Å². The molecular formula is C114H108Br12N12O6. The summed E-state index contributed by atoms with van der Waals surface area (Å²) in [6.07, 6.45) is 0. The molecule has 744 valence electrons. The quantitative estimate of drug-likeness (QED) is 0.0381. The zero-order chi connectivity index (χ0) is 105. The number of hydrogen-bond donors (Lipinski definition) is 12. The van der Waals surface area contributed by atoms with Crippen molar-refractivity contribution >= 4 is 291 Å². The fourth-order valence-corrected chi connectivity index (χ4v) is 24.1. The second-order valence-corrected chi connectivity index (χ2v) is 46.1. The Hall–Kier alpha value is -9.54. The average molecular weight is 2700 g/mol. The molecule has 0 amide bonds. The zero-order valence-corrected chi connectivity index (χ0v) is 101. The minimum atomic E-state index is 0.164. The molecule has 18 aromatic rings. The Balaban J connectivity index is 0.000000145. The van der Waals surface area contributed by atoms with Crippen LogP contribution in [0.5, 0.6) is 34.5 Å². The van der Waals surface area contributed by atoms with E-state index < -0.39 is 0 Å². The van der Waals surface area contributed by atoms with Crippen LogP contribution in [0.3, 0.4) is 0 Å². The highest BCUT2D eigenvalue weighted by atomic mass is 79.9. The highest BCUT2D eigenvalue weighted by Gasteiger charge is 2.21. The first-order valence-corrected chi connectivity index (χ1v) is 55.4. The van der Waals surface area contributed by atoms with E-state index in [1.165, 1.54) is 100 Å². The first-order chi connectivity index (χ1) is 68.2. The van der Waals surface area contributed by atoms with Crippen LogP contribution in [0, 0.1) is 125 Å². The molecule has 0 aliphatic rings. The number of benzene rings is 12. The summed E-state index contributed by atoms with van der Waals surface area (Å²) >= 11 is 41.2. The van der Waals surface area contributed by atoms with Crippen LogP contribution in [0.2, 0.25) is 0 Å². The summed E-state index contributed by atoms with van der Waals surface area (Å²) in [5.74, 6) is 0.986. The average Bonchev–Trinajstić information content (AvgIpc) is 0.802. The molecule has 0 radical (unpaired) electrons. The smallest absolute Gasteiger partial charge is 0.156 e. The summed E-state index contributed by atoms with van der Waals surface area (Å²) in [5.41, 5.74) is 38.2. The Morgan fingerprint density at radius 3 is 0.812 bits per heavy atom. The first kappa shape index (κ1) is 112. The second kappa shape index (κ2) is 49.1. The maximum Gasteiger partial charge on any atom is 0.156 e. The van der Waals surface area contributed by atoms with Crippen molar-refractivity contribution in [1.29, 1.82) is 0 Å². The lowest BCUT2D eigenvalue weighted by Crippen LogP contribution is -2.05. The lowest BCUT2D eigenvalue weighted by Gasteiger charge is -2.15. The maximum absolute atomic E-state index is 10.3. The van der Waals surface area contributed by atoms with Gasteiger partial charge in [-0.05, 0) is 454 Å². The van der Waals surface area contributed by atoms with Crippen molar-refractivity contribution in [3.05, 3.63) is 370 Å². The Morgan fingerprint density at radius 2 is 0.458 bits per heavy atom. The number of hydrogen-bond acceptors (Lipinski definition) is 18. The predicted octanol–water partition coefficient (Wildman–Crippen LogP) is 36.0. The lowest BCUT2D eigenvalue weighted by molar-refractivity contribution is 0.476. The number of aromatic hydroxyl groups is 6. The zero-order valence-electron chi connectivity index (χ0n) is 82.5. The summed E-state index contributed by atoms with van der Waals surface area (Å²) in [6.45, 7) is 41.7. The molecule has 0 unspecified atom stereocenters. The van der Waals surface area contributed by atoms with Crippen molar-refractivity contribution in [3.63, 3.8) is 0 Å². The molecule has 0 spiro atoms. The van der Waals surface area contributed by atoms with Gasteiger partial charge in [0.2, 0.25) is 0 Å². The monoisotopic (exact) mass is 2690 g/mol. The number of aryl methyl sites for hydroxylation is 13. The van der Waals surface area contributed by atoms with E-state index in [0.29, 0.717) is 99.2 Å². The summed E-state index contributed by atoms with van der Waals surface area (Å²) in [6, 6.07) is 60.5. The largest absolute Gasteiger partial charge is 0.505 e. The van der Waals surface area contributed by atoms with Crippen LogP contribution in [-0.2, 0) is 39.3 Å². The molecule has 0 fully saturated rings. The Bertz CT molecular complexity index is 7890. The molecule has 6 heterocycles. The molecule has 144 heavy (non-hydrogen) atoms. The van der Waals surface area contributed by atoms with Crippen LogP contribution in [0.15, 0.2) is 236 Å². The van der Waals surface area contributed by atoms with Gasteiger partial charge in [0, 0.05) is 93.3 Å². The van der Waals surface area contributed by atoms with Gasteiger partial charge in [-0.3, -0.25) is 0 Å². The third-order valence-electron chi connectivity index (χ3n) is 25.5. The fraction of sp³-hybridized carbons (Fsp3) is 0.211. The van der Waals surface area contributed by atoms with Crippen LogP contribution in [0.4, 0.5) is 34.1 Å². The van der Waals surface area contributed by atoms with Crippen LogP contribution in [0.25, 0.3) is 65.4 Å². The van der Waals surface area contributed by atoms with Gasteiger partial charge in [-0.25, -0.2) is 29.9 Å². The molecule has 12 N–H and O–H groups in total. The minimum Gasteiger partial charge on any atom is -0.505 e. The van der Waals surface area contributed by atoms with E-state index >= 15 is 0 Å². The molecule has 0 bridgehead atoms. The number of nitrogens with zero attached hydrogens (tertiary/aromatic N) is 6. The molecular weight excluding hydrogens is 2590 g/mol. The van der Waals surface area contributed by atoms with E-state index in [0.717, 1.165) is 127 Å². The van der Waals surface area contributed by atoms with Crippen LogP contribution < -0.4 is 31.9 Å². The Kier molecular flexibility index (Phi) is 38.0. The maximum atomic E-state index is 10.3. The summed E-state index contributed by atoms with van der Waals surface area (Å²) in [4.78, 5) is 27.7. The SMILES string of the molecule is Cc1cc(C)c(C)c(NCc2ccc3c(Br)cc(Br)c(O)c3n2)c1.Cc1cc(C)c(NCc2ccc3c(Br)cc(Br)c(O)c3n2)c(C)c1.Cc1cc(C)c(NCc2ccc3c(Br)cc(Br)c(O)c3n2)cc1C.Cc1cc(NCc2ccc3c(Br)cc(Br)c(O)c3n2)cc(C)c1C.Cc1ccc(C)c(NCc2ccc3c(Br)cc(Br)c(O)c3n2)c1C.Cc1ccc(NCc2ccc3c(Br)cc(Br)c(O)c3n2)c(C)c1C. The Morgan fingerprint density at radius 1 is 0.188 bits per heavy atom. The van der Waals surface area contributed by atoms with Crippen LogP contribution in [-0.4, -0.2) is 60.5 Å². The molecule has 6 aromatic heterocycles. The van der Waals surface area contributed by atoms with Crippen LogP contribution in [0.1, 0.15) is 134 Å². The molecule has 12 aromatic carbocycles. The highest BCUT2D eigenvalue weighted by Crippen LogP contribution is 2.45. The van der Waals surface area contributed by atoms with Crippen molar-refractivity contribution in [3.8, 4) is 34.5 Å². The number of phenols is 6. The van der Waals surface area contributed by atoms with Crippen molar-refractivity contribution in [2.75, 3.05) is 31.9 Å². The van der Waals surface area contributed by atoms with Crippen molar-refractivity contribution in [2.24, 2.45) is 0 Å². The fourth-order valence-electron chi connectivity index (χ4n) is 16.5. The molecule has 0 aliphatic heterocycles. The van der Waals surface area contributed by atoms with Crippen LogP contribution >= 0.6 is 191 Å². The van der Waals surface area contributed by atoms with Gasteiger partial charge in [0.05, 0.1) is 100 Å². The van der Waals surface area contributed by atoms with Gasteiger partial charge in [0.15, 0.2) is 34.5 Å². The van der Waals surface area contributed by atoms with Gasteiger partial charge in [-0.1, -0.05) is 144 Å². The third-order valence-corrected chi connectivity index (χ3v) is 33.1. The summed E-state index contributed by atoms with van der Waals surface area (Å²) in [7, 11) is 0. The van der Waals surface area contributed by atoms with E-state index in [4.69, 9.17) is 0 Å². The second-order valence-electron chi connectivity index (χ2n) is 35.8. The molecule has 0 aliphatic carbocycles. The van der Waals surface area contributed by atoms with E-state index in [1.54, 1.807) is 0 Å². The van der Waals surface area contributed by atoms with Gasteiger partial charge < -0.3 is 62.5 Å². The van der Waals surface area contributed by atoms with Crippen molar-refractivity contribution in [2.45, 2.75) is 164 Å². The number of anilines is 6. The number of pyridine rings is 6. The number of halogens is 12. The molecule has 0 atom stereocenters. The molecule has 0 saturated carbocycles. The number of fused-ring (bicyclic) bond motifs is 6. The van der Waals surface area contributed by atoms with Gasteiger partial charge in [0.1, 0.15) is 33.1 Å². The van der Waals surface area contributed by atoms with E-state index in [1.807, 2.05) is 109 Å². The van der Waals surface area contributed by atoms with E-state index in [2.05, 4.69) is 450 Å². The number of aromatic nitrogens is 6. The predicted molar refractivity (Wildman–Crippen MR) is 641 cm³/mol. The van der Waals surface area contributed by atoms with Gasteiger partial charge in [0.25, 0.3) is 0 Å². The lowest BCUT2D eigenvalue weighted by atomic mass is 10.0. The van der Waals surface area contributed by atoms with Gasteiger partial charge in [-0.15, -0.1) is 0 Å². The molecule has 0 saturated heterocycles.